The maximum atomic E-state index is 12.0. The largest absolute Gasteiger partial charge is 0.481 e. The fourth-order valence-electron chi connectivity index (χ4n) is 1.85. The molecule has 17 heavy (non-hydrogen) atoms. The molecule has 0 aromatic rings. The van der Waals surface area contributed by atoms with Gasteiger partial charge in [-0.1, -0.05) is 0 Å². The van der Waals surface area contributed by atoms with Crippen molar-refractivity contribution in [2.45, 2.75) is 38.3 Å². The summed E-state index contributed by atoms with van der Waals surface area (Å²) in [7, 11) is 0. The van der Waals surface area contributed by atoms with E-state index in [-0.39, 0.29) is 24.4 Å². The number of hydrogen-bond donors (Lipinski definition) is 2. The Labute approximate surface area is 106 Å². The first kappa shape index (κ1) is 14.3. The van der Waals surface area contributed by atoms with Crippen molar-refractivity contribution < 1.29 is 14.7 Å². The van der Waals surface area contributed by atoms with Gasteiger partial charge in [0.1, 0.15) is 0 Å². The van der Waals surface area contributed by atoms with Crippen molar-refractivity contribution in [1.29, 1.82) is 0 Å². The van der Waals surface area contributed by atoms with Crippen LogP contribution in [0.3, 0.4) is 0 Å². The highest BCUT2D eigenvalue weighted by atomic mass is 32.2. The van der Waals surface area contributed by atoms with E-state index in [0.717, 1.165) is 11.5 Å². The summed E-state index contributed by atoms with van der Waals surface area (Å²) in [6.07, 6.45) is 1.11. The molecule has 0 aromatic heterocycles. The van der Waals surface area contributed by atoms with Crippen molar-refractivity contribution in [3.63, 3.8) is 0 Å². The summed E-state index contributed by atoms with van der Waals surface area (Å²) in [5.74, 6) is 0.798. The van der Waals surface area contributed by atoms with Gasteiger partial charge in [0.05, 0.1) is 12.5 Å². The average molecular weight is 260 g/mol. The van der Waals surface area contributed by atoms with Crippen LogP contribution in [0, 0.1) is 0 Å². The molecule has 0 saturated carbocycles. The fraction of sp³-hybridized carbons (Fsp3) is 0.818. The molecule has 1 amide bonds. The number of aliphatic carboxylic acids is 1. The molecule has 1 rings (SSSR count). The number of carbonyl (C=O) groups excluding carboxylic acids is 1. The van der Waals surface area contributed by atoms with Gasteiger partial charge < -0.3 is 15.7 Å². The van der Waals surface area contributed by atoms with Crippen molar-refractivity contribution >= 4 is 23.6 Å². The minimum atomic E-state index is -0.845. The van der Waals surface area contributed by atoms with E-state index in [2.05, 4.69) is 0 Å². The number of amides is 1. The van der Waals surface area contributed by atoms with Crippen LogP contribution in [0.2, 0.25) is 0 Å². The zero-order valence-electron chi connectivity index (χ0n) is 10.1. The highest BCUT2D eigenvalue weighted by Crippen LogP contribution is 2.20. The van der Waals surface area contributed by atoms with Crippen LogP contribution in [0.15, 0.2) is 0 Å². The molecule has 2 unspecified atom stereocenters. The van der Waals surface area contributed by atoms with Gasteiger partial charge in [0.25, 0.3) is 0 Å². The van der Waals surface area contributed by atoms with Crippen LogP contribution in [-0.4, -0.2) is 52.0 Å². The second kappa shape index (κ2) is 6.86. The van der Waals surface area contributed by atoms with Gasteiger partial charge in [-0.3, -0.25) is 9.59 Å². The van der Waals surface area contributed by atoms with Gasteiger partial charge in [-0.05, 0) is 13.3 Å². The van der Waals surface area contributed by atoms with Crippen LogP contribution in [-0.2, 0) is 9.59 Å². The third-order valence-electron chi connectivity index (χ3n) is 2.77. The average Bonchev–Trinajstić information content (AvgIpc) is 2.25. The first-order valence-corrected chi connectivity index (χ1v) is 7.00. The van der Waals surface area contributed by atoms with Gasteiger partial charge in [-0.2, -0.15) is 11.8 Å². The number of carbonyl (C=O) groups is 2. The van der Waals surface area contributed by atoms with Gasteiger partial charge in [0, 0.05) is 30.5 Å². The standard InChI is InChI=1S/C11H20N2O3S/c1-8(12)2-3-10(14)13-4-5-17-7-9(13)6-11(15)16/h8-9H,2-7,12H2,1H3,(H,15,16). The molecule has 2 atom stereocenters. The Kier molecular flexibility index (Phi) is 5.77. The molecule has 1 fully saturated rings. The smallest absolute Gasteiger partial charge is 0.305 e. The van der Waals surface area contributed by atoms with Crippen LogP contribution in [0.5, 0.6) is 0 Å². The molecule has 98 valence electrons. The van der Waals surface area contributed by atoms with E-state index < -0.39 is 5.97 Å². The van der Waals surface area contributed by atoms with E-state index in [4.69, 9.17) is 10.8 Å². The van der Waals surface area contributed by atoms with Crippen LogP contribution in [0.25, 0.3) is 0 Å². The first-order valence-electron chi connectivity index (χ1n) is 5.85. The normalized spacial score (nSPS) is 22.2. The van der Waals surface area contributed by atoms with Gasteiger partial charge in [0.15, 0.2) is 0 Å². The molecule has 6 heteroatoms. The van der Waals surface area contributed by atoms with E-state index in [1.54, 1.807) is 16.7 Å². The van der Waals surface area contributed by atoms with Crippen LogP contribution in [0.4, 0.5) is 0 Å². The molecule has 0 bridgehead atoms. The monoisotopic (exact) mass is 260 g/mol. The highest BCUT2D eigenvalue weighted by molar-refractivity contribution is 7.99. The SMILES string of the molecule is CC(N)CCC(=O)N1CCSCC1CC(=O)O. The Morgan fingerprint density at radius 1 is 1.59 bits per heavy atom. The second-order valence-corrected chi connectivity index (χ2v) is 5.58. The van der Waals surface area contributed by atoms with Crippen molar-refractivity contribution in [1.82, 2.24) is 4.90 Å². The summed E-state index contributed by atoms with van der Waals surface area (Å²) >= 11 is 1.71. The molecule has 1 saturated heterocycles. The van der Waals surface area contributed by atoms with Gasteiger partial charge in [-0.25, -0.2) is 0 Å². The van der Waals surface area contributed by atoms with Crippen molar-refractivity contribution in [3.05, 3.63) is 0 Å². The number of rotatable bonds is 5. The maximum Gasteiger partial charge on any atom is 0.305 e. The fourth-order valence-corrected chi connectivity index (χ4v) is 2.91. The Morgan fingerprint density at radius 3 is 2.88 bits per heavy atom. The molecule has 1 aliphatic heterocycles. The van der Waals surface area contributed by atoms with Crippen molar-refractivity contribution in [3.8, 4) is 0 Å². The lowest BCUT2D eigenvalue weighted by molar-refractivity contribution is -0.140. The Bertz CT molecular complexity index is 284. The second-order valence-electron chi connectivity index (χ2n) is 4.43. The third-order valence-corrected chi connectivity index (χ3v) is 3.86. The van der Waals surface area contributed by atoms with E-state index in [9.17, 15) is 9.59 Å². The highest BCUT2D eigenvalue weighted by Gasteiger charge is 2.28. The number of carboxylic acid groups (broad SMARTS) is 1. The molecule has 0 aromatic carbocycles. The van der Waals surface area contributed by atoms with E-state index in [1.165, 1.54) is 0 Å². The molecular formula is C11H20N2O3S. The molecular weight excluding hydrogens is 240 g/mol. The molecule has 5 nitrogen and oxygen atoms in total. The van der Waals surface area contributed by atoms with Crippen LogP contribution in [0.1, 0.15) is 26.2 Å². The van der Waals surface area contributed by atoms with Gasteiger partial charge in [0.2, 0.25) is 5.91 Å². The van der Waals surface area contributed by atoms with Gasteiger partial charge >= 0.3 is 5.97 Å². The molecule has 3 N–H and O–H groups in total. The summed E-state index contributed by atoms with van der Waals surface area (Å²) in [4.78, 5) is 24.4. The molecule has 0 radical (unpaired) electrons. The molecule has 0 spiro atoms. The number of hydrogen-bond acceptors (Lipinski definition) is 4. The Hall–Kier alpha value is -0.750. The van der Waals surface area contributed by atoms with Crippen LogP contribution < -0.4 is 5.73 Å². The minimum absolute atomic E-state index is 0.0102. The van der Waals surface area contributed by atoms with Crippen molar-refractivity contribution in [2.24, 2.45) is 5.73 Å². The molecule has 1 aliphatic rings. The van der Waals surface area contributed by atoms with Gasteiger partial charge in [-0.15, -0.1) is 0 Å². The summed E-state index contributed by atoms with van der Waals surface area (Å²) < 4.78 is 0. The van der Waals surface area contributed by atoms with E-state index >= 15 is 0 Å². The summed E-state index contributed by atoms with van der Waals surface area (Å²) in [6.45, 7) is 2.52. The zero-order chi connectivity index (χ0) is 12.8. The molecule has 0 aliphatic carbocycles. The maximum absolute atomic E-state index is 12.0. The lowest BCUT2D eigenvalue weighted by Gasteiger charge is -2.34. The third kappa shape index (κ3) is 4.95. The summed E-state index contributed by atoms with van der Waals surface area (Å²) in [6, 6.07) is -0.150. The Morgan fingerprint density at radius 2 is 2.29 bits per heavy atom. The number of carboxylic acids is 1. The topological polar surface area (TPSA) is 83.6 Å². The summed E-state index contributed by atoms with van der Waals surface area (Å²) in [5, 5.41) is 8.82. The predicted molar refractivity (Wildman–Crippen MR) is 68.0 cm³/mol. The minimum Gasteiger partial charge on any atom is -0.481 e. The van der Waals surface area contributed by atoms with E-state index in [1.807, 2.05) is 6.92 Å². The lowest BCUT2D eigenvalue weighted by atomic mass is 10.1. The predicted octanol–water partition coefficient (Wildman–Crippen LogP) is 0.532. The number of thioether (sulfide) groups is 1. The number of nitrogens with zero attached hydrogens (tertiary/aromatic N) is 1. The zero-order valence-corrected chi connectivity index (χ0v) is 10.9. The number of nitrogens with two attached hydrogens (primary N) is 1. The van der Waals surface area contributed by atoms with Crippen molar-refractivity contribution in [2.75, 3.05) is 18.1 Å². The van der Waals surface area contributed by atoms with E-state index in [0.29, 0.717) is 19.4 Å². The Balaban J connectivity index is 2.51. The quantitative estimate of drug-likeness (QED) is 0.753. The first-order chi connectivity index (χ1) is 8.00. The molecule has 1 heterocycles. The summed E-state index contributed by atoms with van der Waals surface area (Å²) in [5.41, 5.74) is 5.62. The lowest BCUT2D eigenvalue weighted by Crippen LogP contribution is -2.47. The van der Waals surface area contributed by atoms with Crippen LogP contribution >= 0.6 is 11.8 Å².